The van der Waals surface area contributed by atoms with E-state index in [1.54, 1.807) is 0 Å². The molecule has 0 bridgehead atoms. The third-order valence-electron chi connectivity index (χ3n) is 5.65. The molecule has 1 unspecified atom stereocenters. The van der Waals surface area contributed by atoms with Crippen LogP contribution >= 0.6 is 11.3 Å². The van der Waals surface area contributed by atoms with Crippen LogP contribution in [0, 0.1) is 0 Å². The average Bonchev–Trinajstić information content (AvgIpc) is 3.20. The van der Waals surface area contributed by atoms with E-state index in [1.807, 2.05) is 22.3 Å². The summed E-state index contributed by atoms with van der Waals surface area (Å²) in [7, 11) is 0. The Morgan fingerprint density at radius 3 is 2.65 bits per heavy atom. The number of fused-ring (bicyclic) bond motifs is 1. The van der Waals surface area contributed by atoms with Crippen LogP contribution < -0.4 is 4.90 Å². The molecule has 2 aliphatic heterocycles. The highest BCUT2D eigenvalue weighted by Crippen LogP contribution is 2.28. The van der Waals surface area contributed by atoms with Crippen molar-refractivity contribution >= 4 is 22.9 Å². The summed E-state index contributed by atoms with van der Waals surface area (Å²) < 4.78 is 0. The summed E-state index contributed by atoms with van der Waals surface area (Å²) in [5.74, 6) is 0.254. The minimum atomic E-state index is -0.0509. The first-order valence-corrected chi connectivity index (χ1v) is 10.5. The summed E-state index contributed by atoms with van der Waals surface area (Å²) in [6.45, 7) is 7.96. The van der Waals surface area contributed by atoms with Crippen molar-refractivity contribution in [1.29, 1.82) is 0 Å². The summed E-state index contributed by atoms with van der Waals surface area (Å²) in [5.41, 5.74) is 2.42. The number of hydrogen-bond donors (Lipinski definition) is 0. The average molecular weight is 370 g/mol. The maximum Gasteiger partial charge on any atom is 0.244 e. The van der Waals surface area contributed by atoms with Crippen LogP contribution in [-0.2, 0) is 17.8 Å². The SMILES string of the molecule is CC(C(=O)N1CCCc2ccccc21)N1CCN(Cc2cccs2)CC1. The Morgan fingerprint density at radius 1 is 1.08 bits per heavy atom. The van der Waals surface area contributed by atoms with Gasteiger partial charge in [-0.25, -0.2) is 0 Å². The molecule has 0 aliphatic carbocycles. The fraction of sp³-hybridized carbons (Fsp3) is 0.476. The molecule has 1 aromatic heterocycles. The van der Waals surface area contributed by atoms with E-state index in [0.29, 0.717) is 0 Å². The maximum atomic E-state index is 13.2. The zero-order valence-electron chi connectivity index (χ0n) is 15.4. The highest BCUT2D eigenvalue weighted by atomic mass is 32.1. The molecule has 0 N–H and O–H groups in total. The van der Waals surface area contributed by atoms with E-state index < -0.39 is 0 Å². The monoisotopic (exact) mass is 369 g/mol. The highest BCUT2D eigenvalue weighted by molar-refractivity contribution is 7.09. The van der Waals surface area contributed by atoms with Crippen LogP contribution in [0.25, 0.3) is 0 Å². The Labute approximate surface area is 160 Å². The summed E-state index contributed by atoms with van der Waals surface area (Å²) in [6.07, 6.45) is 2.14. The molecule has 0 spiro atoms. The second kappa shape index (κ2) is 7.91. The number of carbonyl (C=O) groups excluding carboxylic acids is 1. The van der Waals surface area contributed by atoms with Crippen molar-refractivity contribution < 1.29 is 4.79 Å². The molecule has 4 nitrogen and oxygen atoms in total. The lowest BCUT2D eigenvalue weighted by Crippen LogP contribution is -2.55. The molecular weight excluding hydrogens is 342 g/mol. The van der Waals surface area contributed by atoms with Crippen molar-refractivity contribution in [2.24, 2.45) is 0 Å². The van der Waals surface area contributed by atoms with Crippen LogP contribution in [0.5, 0.6) is 0 Å². The van der Waals surface area contributed by atoms with E-state index in [2.05, 4.69) is 52.4 Å². The van der Waals surface area contributed by atoms with E-state index >= 15 is 0 Å². The van der Waals surface area contributed by atoms with Crippen LogP contribution in [0.1, 0.15) is 23.8 Å². The molecule has 5 heteroatoms. The first kappa shape index (κ1) is 17.7. The van der Waals surface area contributed by atoms with Crippen molar-refractivity contribution in [2.75, 3.05) is 37.6 Å². The lowest BCUT2D eigenvalue weighted by molar-refractivity contribution is -0.124. The van der Waals surface area contributed by atoms with Crippen molar-refractivity contribution in [3.63, 3.8) is 0 Å². The molecule has 1 amide bonds. The van der Waals surface area contributed by atoms with E-state index in [0.717, 1.165) is 57.8 Å². The topological polar surface area (TPSA) is 26.8 Å². The van der Waals surface area contributed by atoms with Crippen molar-refractivity contribution in [2.45, 2.75) is 32.4 Å². The quantitative estimate of drug-likeness (QED) is 0.828. The first-order chi connectivity index (χ1) is 12.7. The Hall–Kier alpha value is -1.69. The molecule has 1 atom stereocenters. The van der Waals surface area contributed by atoms with Gasteiger partial charge in [0.05, 0.1) is 6.04 Å². The normalized spacial score (nSPS) is 20.0. The minimum absolute atomic E-state index is 0.0509. The molecule has 4 rings (SSSR count). The zero-order chi connectivity index (χ0) is 17.9. The highest BCUT2D eigenvalue weighted by Gasteiger charge is 2.31. The smallest absolute Gasteiger partial charge is 0.244 e. The summed E-state index contributed by atoms with van der Waals surface area (Å²) in [6, 6.07) is 12.6. The standard InChI is InChI=1S/C21H27N3OS/c1-17(21(25)24-10-4-7-18-6-2-3-9-20(18)24)23-13-11-22(12-14-23)16-19-8-5-15-26-19/h2-3,5-6,8-9,15,17H,4,7,10-14,16H2,1H3. The van der Waals surface area contributed by atoms with Gasteiger partial charge >= 0.3 is 0 Å². The number of para-hydroxylation sites is 1. The van der Waals surface area contributed by atoms with Crippen LogP contribution in [0.15, 0.2) is 41.8 Å². The summed E-state index contributed by atoms with van der Waals surface area (Å²) in [5, 5.41) is 2.14. The number of piperazine rings is 1. The van der Waals surface area contributed by atoms with Crippen LogP contribution in [0.3, 0.4) is 0 Å². The lowest BCUT2D eigenvalue weighted by Gasteiger charge is -2.39. The minimum Gasteiger partial charge on any atom is -0.311 e. The number of hydrogen-bond acceptors (Lipinski definition) is 4. The molecule has 2 aliphatic rings. The van der Waals surface area contributed by atoms with Crippen molar-refractivity contribution in [3.8, 4) is 0 Å². The second-order valence-electron chi connectivity index (χ2n) is 7.29. The van der Waals surface area contributed by atoms with E-state index in [-0.39, 0.29) is 11.9 Å². The Bertz CT molecular complexity index is 737. The van der Waals surface area contributed by atoms with Crippen LogP contribution in [0.2, 0.25) is 0 Å². The molecule has 0 saturated carbocycles. The van der Waals surface area contributed by atoms with E-state index in [9.17, 15) is 4.79 Å². The second-order valence-corrected chi connectivity index (χ2v) is 8.32. The van der Waals surface area contributed by atoms with Gasteiger partial charge in [-0.05, 0) is 42.8 Å². The number of amides is 1. The maximum absolute atomic E-state index is 13.2. The van der Waals surface area contributed by atoms with Crippen molar-refractivity contribution in [1.82, 2.24) is 9.80 Å². The van der Waals surface area contributed by atoms with Gasteiger partial charge in [0.25, 0.3) is 0 Å². The predicted molar refractivity (Wildman–Crippen MR) is 108 cm³/mol. The number of anilines is 1. The Balaban J connectivity index is 1.36. The predicted octanol–water partition coefficient (Wildman–Crippen LogP) is 3.23. The third-order valence-corrected chi connectivity index (χ3v) is 6.51. The molecule has 1 fully saturated rings. The molecule has 138 valence electrons. The molecule has 1 saturated heterocycles. The van der Waals surface area contributed by atoms with Gasteiger partial charge in [0.15, 0.2) is 0 Å². The van der Waals surface area contributed by atoms with Gasteiger partial charge in [0, 0.05) is 49.8 Å². The zero-order valence-corrected chi connectivity index (χ0v) is 16.3. The number of carbonyl (C=O) groups is 1. The van der Waals surface area contributed by atoms with Gasteiger partial charge in [-0.3, -0.25) is 14.6 Å². The third kappa shape index (κ3) is 3.70. The summed E-state index contributed by atoms with van der Waals surface area (Å²) in [4.78, 5) is 21.5. The number of thiophene rings is 1. The number of aryl methyl sites for hydroxylation is 1. The number of benzene rings is 1. The molecule has 26 heavy (non-hydrogen) atoms. The molecule has 2 aromatic rings. The molecular formula is C21H27N3OS. The fourth-order valence-corrected chi connectivity index (χ4v) is 4.82. The van der Waals surface area contributed by atoms with Gasteiger partial charge < -0.3 is 4.90 Å². The summed E-state index contributed by atoms with van der Waals surface area (Å²) >= 11 is 1.82. The lowest BCUT2D eigenvalue weighted by atomic mass is 10.0. The number of nitrogens with zero attached hydrogens (tertiary/aromatic N) is 3. The molecule has 3 heterocycles. The van der Waals surface area contributed by atoms with Gasteiger partial charge in [0.1, 0.15) is 0 Å². The Morgan fingerprint density at radius 2 is 1.88 bits per heavy atom. The van der Waals surface area contributed by atoms with Gasteiger partial charge in [0.2, 0.25) is 5.91 Å². The largest absolute Gasteiger partial charge is 0.311 e. The number of rotatable bonds is 4. The van der Waals surface area contributed by atoms with E-state index in [1.165, 1.54) is 10.4 Å². The van der Waals surface area contributed by atoms with Gasteiger partial charge in [-0.1, -0.05) is 24.3 Å². The molecule has 1 aromatic carbocycles. The van der Waals surface area contributed by atoms with Gasteiger partial charge in [-0.2, -0.15) is 0 Å². The van der Waals surface area contributed by atoms with Crippen molar-refractivity contribution in [3.05, 3.63) is 52.2 Å². The first-order valence-electron chi connectivity index (χ1n) is 9.60. The van der Waals surface area contributed by atoms with Gasteiger partial charge in [-0.15, -0.1) is 11.3 Å². The van der Waals surface area contributed by atoms with Crippen LogP contribution in [-0.4, -0.2) is 54.5 Å². The van der Waals surface area contributed by atoms with Crippen LogP contribution in [0.4, 0.5) is 5.69 Å². The Kier molecular flexibility index (Phi) is 5.38. The molecule has 0 radical (unpaired) electrons. The fourth-order valence-electron chi connectivity index (χ4n) is 4.08. The van der Waals surface area contributed by atoms with E-state index in [4.69, 9.17) is 0 Å².